The Morgan fingerprint density at radius 2 is 1.41 bits per heavy atom. The Morgan fingerprint density at radius 3 is 2.07 bits per heavy atom. The van der Waals surface area contributed by atoms with Crippen LogP contribution in [0, 0.1) is 5.82 Å². The molecular weight excluding hydrogens is 357 g/mol. The second kappa shape index (κ2) is 10.9. The Hall–Kier alpha value is -2.48. The minimum atomic E-state index is -0.205. The molecule has 2 aromatic carbocycles. The molecule has 0 N–H and O–H groups in total. The summed E-state index contributed by atoms with van der Waals surface area (Å²) < 4.78 is 14.3. The summed E-state index contributed by atoms with van der Waals surface area (Å²) in [5.41, 5.74) is 5.84. The van der Waals surface area contributed by atoms with E-state index in [1.54, 1.807) is 6.07 Å². The van der Waals surface area contributed by atoms with Crippen LogP contribution >= 0.6 is 0 Å². The second-order valence-corrected chi connectivity index (χ2v) is 7.81. The molecule has 29 heavy (non-hydrogen) atoms. The van der Waals surface area contributed by atoms with Crippen molar-refractivity contribution < 1.29 is 4.39 Å². The minimum Gasteiger partial charge on any atom is -0.256 e. The largest absolute Gasteiger partial charge is 0.256 e. The number of aromatic nitrogens is 1. The van der Waals surface area contributed by atoms with Gasteiger partial charge in [0.25, 0.3) is 0 Å². The highest BCUT2D eigenvalue weighted by Gasteiger charge is 2.08. The Morgan fingerprint density at radius 1 is 0.724 bits per heavy atom. The monoisotopic (exact) mass is 389 g/mol. The Labute approximate surface area is 175 Å². The fraction of sp³-hybridized carbons (Fsp3) is 0.370. The molecule has 0 atom stereocenters. The molecule has 0 amide bonds. The number of hydrogen-bond donors (Lipinski definition) is 0. The van der Waals surface area contributed by atoms with Crippen LogP contribution in [0.15, 0.2) is 60.8 Å². The van der Waals surface area contributed by atoms with Crippen LogP contribution in [-0.2, 0) is 12.8 Å². The van der Waals surface area contributed by atoms with Crippen LogP contribution in [0.3, 0.4) is 0 Å². The van der Waals surface area contributed by atoms with Crippen LogP contribution in [0.1, 0.15) is 63.5 Å². The van der Waals surface area contributed by atoms with E-state index in [9.17, 15) is 4.39 Å². The zero-order valence-corrected chi connectivity index (χ0v) is 17.8. The first kappa shape index (κ1) is 21.2. The molecule has 0 saturated heterocycles. The van der Waals surface area contributed by atoms with Crippen LogP contribution in [0.2, 0.25) is 0 Å². The Bertz CT molecular complexity index is 881. The molecule has 3 aromatic rings. The molecular formula is C27H32FN. The van der Waals surface area contributed by atoms with Crippen molar-refractivity contribution in [3.8, 4) is 22.4 Å². The van der Waals surface area contributed by atoms with Crippen LogP contribution in [0.5, 0.6) is 0 Å². The zero-order valence-electron chi connectivity index (χ0n) is 17.8. The lowest BCUT2D eigenvalue weighted by atomic mass is 10.0. The van der Waals surface area contributed by atoms with Gasteiger partial charge in [-0.2, -0.15) is 0 Å². The summed E-state index contributed by atoms with van der Waals surface area (Å²) in [6.07, 6.45) is 11.8. The van der Waals surface area contributed by atoms with E-state index in [0.717, 1.165) is 29.5 Å². The van der Waals surface area contributed by atoms with Gasteiger partial charge >= 0.3 is 0 Å². The zero-order chi connectivity index (χ0) is 20.5. The highest BCUT2D eigenvalue weighted by atomic mass is 19.1. The number of nitrogens with zero attached hydrogens (tertiary/aromatic N) is 1. The smallest absolute Gasteiger partial charge is 0.132 e. The lowest BCUT2D eigenvalue weighted by molar-refractivity contribution is 0.607. The molecule has 0 aliphatic carbocycles. The van der Waals surface area contributed by atoms with Gasteiger partial charge in [-0.05, 0) is 54.2 Å². The molecule has 0 saturated carbocycles. The van der Waals surface area contributed by atoms with E-state index < -0.39 is 0 Å². The van der Waals surface area contributed by atoms with Crippen molar-refractivity contribution in [2.75, 3.05) is 0 Å². The third-order valence-electron chi connectivity index (χ3n) is 5.59. The number of rotatable bonds is 10. The fourth-order valence-electron chi connectivity index (χ4n) is 3.68. The predicted octanol–water partition coefficient (Wildman–Crippen LogP) is 8.02. The Kier molecular flexibility index (Phi) is 7.98. The van der Waals surface area contributed by atoms with Gasteiger partial charge in [-0.15, -0.1) is 0 Å². The van der Waals surface area contributed by atoms with E-state index >= 15 is 0 Å². The molecule has 1 aromatic heterocycles. The average Bonchev–Trinajstić information content (AvgIpc) is 2.77. The summed E-state index contributed by atoms with van der Waals surface area (Å²) in [6, 6.07) is 18.1. The summed E-state index contributed by atoms with van der Waals surface area (Å²) in [5, 5.41) is 0. The van der Waals surface area contributed by atoms with Gasteiger partial charge in [-0.25, -0.2) is 4.39 Å². The van der Waals surface area contributed by atoms with Crippen LogP contribution in [0.4, 0.5) is 4.39 Å². The van der Waals surface area contributed by atoms with E-state index in [-0.39, 0.29) is 5.82 Å². The molecule has 1 heterocycles. The third kappa shape index (κ3) is 6.00. The molecule has 152 valence electrons. The van der Waals surface area contributed by atoms with Crippen LogP contribution in [0.25, 0.3) is 22.4 Å². The maximum Gasteiger partial charge on any atom is 0.132 e. The number of halogens is 1. The second-order valence-electron chi connectivity index (χ2n) is 7.81. The van der Waals surface area contributed by atoms with Crippen LogP contribution < -0.4 is 0 Å². The number of pyridine rings is 1. The summed E-state index contributed by atoms with van der Waals surface area (Å²) >= 11 is 0. The highest BCUT2D eigenvalue weighted by Crippen LogP contribution is 2.25. The normalized spacial score (nSPS) is 11.0. The molecule has 0 radical (unpaired) electrons. The average molecular weight is 390 g/mol. The number of hydrogen-bond acceptors (Lipinski definition) is 1. The van der Waals surface area contributed by atoms with Crippen molar-refractivity contribution in [3.05, 3.63) is 77.7 Å². The molecule has 0 bridgehead atoms. The molecule has 0 aliphatic rings. The standard InChI is InChI=1S/C27H32FN/c1-3-5-6-7-8-9-10-22-11-14-23(15-12-22)24-16-18-27(29-20-24)25-17-13-21(4-2)19-26(25)28/h11-20H,3-10H2,1-2H3. The molecule has 0 spiro atoms. The molecule has 0 unspecified atom stereocenters. The summed E-state index contributed by atoms with van der Waals surface area (Å²) in [4.78, 5) is 4.51. The van der Waals surface area contributed by atoms with E-state index in [0.29, 0.717) is 11.3 Å². The van der Waals surface area contributed by atoms with Gasteiger partial charge in [-0.1, -0.05) is 82.3 Å². The van der Waals surface area contributed by atoms with Gasteiger partial charge in [-0.3, -0.25) is 4.98 Å². The molecule has 0 aliphatic heterocycles. The number of unbranched alkanes of at least 4 members (excludes halogenated alkanes) is 5. The van der Waals surface area contributed by atoms with Crippen molar-refractivity contribution in [2.45, 2.75) is 65.2 Å². The molecule has 0 fully saturated rings. The highest BCUT2D eigenvalue weighted by molar-refractivity contribution is 5.67. The van der Waals surface area contributed by atoms with Gasteiger partial charge in [0.05, 0.1) is 5.69 Å². The minimum absolute atomic E-state index is 0.205. The van der Waals surface area contributed by atoms with Gasteiger partial charge in [0.15, 0.2) is 0 Å². The van der Waals surface area contributed by atoms with Gasteiger partial charge in [0, 0.05) is 17.3 Å². The van der Waals surface area contributed by atoms with Gasteiger partial charge in [0.2, 0.25) is 0 Å². The quantitative estimate of drug-likeness (QED) is 0.320. The third-order valence-corrected chi connectivity index (χ3v) is 5.59. The lowest BCUT2D eigenvalue weighted by Crippen LogP contribution is -1.91. The summed E-state index contributed by atoms with van der Waals surface area (Å²) in [5.74, 6) is -0.205. The first-order valence-corrected chi connectivity index (χ1v) is 11.1. The summed E-state index contributed by atoms with van der Waals surface area (Å²) in [6.45, 7) is 4.28. The summed E-state index contributed by atoms with van der Waals surface area (Å²) in [7, 11) is 0. The van der Waals surface area contributed by atoms with E-state index in [1.807, 2.05) is 37.4 Å². The first-order chi connectivity index (χ1) is 14.2. The molecule has 2 heteroatoms. The van der Waals surface area contributed by atoms with Crippen molar-refractivity contribution in [2.24, 2.45) is 0 Å². The number of aryl methyl sites for hydroxylation is 2. The van der Waals surface area contributed by atoms with Gasteiger partial charge < -0.3 is 0 Å². The predicted molar refractivity (Wildman–Crippen MR) is 122 cm³/mol. The first-order valence-electron chi connectivity index (χ1n) is 11.1. The van der Waals surface area contributed by atoms with Crippen molar-refractivity contribution >= 4 is 0 Å². The van der Waals surface area contributed by atoms with Crippen molar-refractivity contribution in [1.82, 2.24) is 4.98 Å². The van der Waals surface area contributed by atoms with E-state index in [2.05, 4.69) is 36.2 Å². The van der Waals surface area contributed by atoms with Crippen LogP contribution in [-0.4, -0.2) is 4.98 Å². The van der Waals surface area contributed by atoms with Crippen molar-refractivity contribution in [3.63, 3.8) is 0 Å². The lowest BCUT2D eigenvalue weighted by Gasteiger charge is -2.07. The topological polar surface area (TPSA) is 12.9 Å². The van der Waals surface area contributed by atoms with E-state index in [1.165, 1.54) is 44.1 Å². The molecule has 1 nitrogen and oxygen atoms in total. The SMILES string of the molecule is CCCCCCCCc1ccc(-c2ccc(-c3ccc(CC)cc3F)nc2)cc1. The maximum atomic E-state index is 14.3. The van der Waals surface area contributed by atoms with E-state index in [4.69, 9.17) is 0 Å². The van der Waals surface area contributed by atoms with Gasteiger partial charge in [0.1, 0.15) is 5.82 Å². The maximum absolute atomic E-state index is 14.3. The van der Waals surface area contributed by atoms with Crippen molar-refractivity contribution in [1.29, 1.82) is 0 Å². The molecule has 3 rings (SSSR count). The fourth-order valence-corrected chi connectivity index (χ4v) is 3.68. The Balaban J connectivity index is 1.60. The number of benzene rings is 2.